The van der Waals surface area contributed by atoms with Crippen molar-refractivity contribution in [2.45, 2.75) is 43.9 Å². The number of halogens is 3. The minimum absolute atomic E-state index is 0.205. The second-order valence-electron chi connectivity index (χ2n) is 4.95. The Labute approximate surface area is 108 Å². The van der Waals surface area contributed by atoms with Gasteiger partial charge in [-0.25, -0.2) is 9.59 Å². The van der Waals surface area contributed by atoms with Crippen LogP contribution in [0.15, 0.2) is 0 Å². The summed E-state index contributed by atoms with van der Waals surface area (Å²) in [6.45, 7) is -1.10. The summed E-state index contributed by atoms with van der Waals surface area (Å²) in [7, 11) is 0. The van der Waals surface area contributed by atoms with Crippen molar-refractivity contribution in [2.75, 3.05) is 13.1 Å². The molecule has 8 heteroatoms. The predicted octanol–water partition coefficient (Wildman–Crippen LogP) is 1.68. The van der Waals surface area contributed by atoms with Gasteiger partial charge in [0.15, 0.2) is 0 Å². The van der Waals surface area contributed by atoms with Crippen molar-refractivity contribution >= 4 is 12.0 Å². The predicted molar refractivity (Wildman–Crippen MR) is 58.5 cm³/mol. The Morgan fingerprint density at radius 3 is 2.37 bits per heavy atom. The van der Waals surface area contributed by atoms with Crippen LogP contribution in [0.1, 0.15) is 25.7 Å². The highest BCUT2D eigenvalue weighted by Gasteiger charge is 2.45. The summed E-state index contributed by atoms with van der Waals surface area (Å²) in [5, 5.41) is 8.97. The van der Waals surface area contributed by atoms with Crippen LogP contribution in [0.3, 0.4) is 0 Å². The molecule has 0 aromatic carbocycles. The van der Waals surface area contributed by atoms with Crippen LogP contribution in [0.2, 0.25) is 0 Å². The highest BCUT2D eigenvalue weighted by molar-refractivity contribution is 5.83. The van der Waals surface area contributed by atoms with E-state index in [9.17, 15) is 22.8 Å². The lowest BCUT2D eigenvalue weighted by Crippen LogP contribution is -2.51. The van der Waals surface area contributed by atoms with Crippen molar-refractivity contribution in [1.29, 1.82) is 0 Å². The van der Waals surface area contributed by atoms with Crippen molar-refractivity contribution in [1.82, 2.24) is 9.80 Å². The van der Waals surface area contributed by atoms with Crippen LogP contribution in [-0.4, -0.2) is 58.3 Å². The Bertz CT molecular complexity index is 382. The number of urea groups is 1. The topological polar surface area (TPSA) is 60.9 Å². The maximum atomic E-state index is 12.5. The van der Waals surface area contributed by atoms with Crippen molar-refractivity contribution in [2.24, 2.45) is 0 Å². The third-order valence-corrected chi connectivity index (χ3v) is 3.37. The number of carboxylic acids is 1. The van der Waals surface area contributed by atoms with Crippen LogP contribution in [-0.2, 0) is 4.79 Å². The fourth-order valence-electron chi connectivity index (χ4n) is 2.35. The van der Waals surface area contributed by atoms with E-state index in [1.54, 1.807) is 0 Å². The second-order valence-corrected chi connectivity index (χ2v) is 4.95. The Balaban J connectivity index is 2.08. The number of nitrogens with zero attached hydrogens (tertiary/aromatic N) is 2. The highest BCUT2D eigenvalue weighted by atomic mass is 19.4. The van der Waals surface area contributed by atoms with Crippen LogP contribution in [0, 0.1) is 0 Å². The smallest absolute Gasteiger partial charge is 0.406 e. The van der Waals surface area contributed by atoms with Crippen LogP contribution in [0.4, 0.5) is 18.0 Å². The molecule has 5 nitrogen and oxygen atoms in total. The molecule has 1 aliphatic carbocycles. The Hall–Kier alpha value is -1.47. The Morgan fingerprint density at radius 1 is 1.26 bits per heavy atom. The molecule has 108 valence electrons. The number of hydrogen-bond acceptors (Lipinski definition) is 2. The van der Waals surface area contributed by atoms with E-state index in [0.717, 1.165) is 9.80 Å². The van der Waals surface area contributed by atoms with E-state index in [2.05, 4.69) is 0 Å². The SMILES string of the molecule is O=C(O)[C@@H]1CCCN1C(=O)N(CC(F)(F)F)C1CC1. The minimum atomic E-state index is -4.46. The molecule has 1 saturated carbocycles. The van der Waals surface area contributed by atoms with Gasteiger partial charge >= 0.3 is 18.2 Å². The molecule has 2 amide bonds. The molecule has 1 N–H and O–H groups in total. The number of carbonyl (C=O) groups is 2. The van der Waals surface area contributed by atoms with Crippen LogP contribution in [0.5, 0.6) is 0 Å². The number of aliphatic carboxylic acids is 1. The Morgan fingerprint density at radius 2 is 1.89 bits per heavy atom. The van der Waals surface area contributed by atoms with Crippen molar-refractivity contribution < 1.29 is 27.9 Å². The maximum absolute atomic E-state index is 12.5. The van der Waals surface area contributed by atoms with Gasteiger partial charge in [-0.05, 0) is 25.7 Å². The third-order valence-electron chi connectivity index (χ3n) is 3.37. The molecular weight excluding hydrogens is 265 g/mol. The van der Waals surface area contributed by atoms with Crippen molar-refractivity contribution in [3.8, 4) is 0 Å². The number of alkyl halides is 3. The van der Waals surface area contributed by atoms with Gasteiger partial charge in [-0.1, -0.05) is 0 Å². The average Bonchev–Trinajstić information content (AvgIpc) is 3.00. The van der Waals surface area contributed by atoms with Gasteiger partial charge in [-0.15, -0.1) is 0 Å². The first-order valence-corrected chi connectivity index (χ1v) is 6.16. The lowest BCUT2D eigenvalue weighted by atomic mass is 10.2. The number of likely N-dealkylation sites (tertiary alicyclic amines) is 1. The molecule has 19 heavy (non-hydrogen) atoms. The van der Waals surface area contributed by atoms with Gasteiger partial charge in [0.2, 0.25) is 0 Å². The molecule has 0 spiro atoms. The quantitative estimate of drug-likeness (QED) is 0.855. The summed E-state index contributed by atoms with van der Waals surface area (Å²) >= 11 is 0. The van der Waals surface area contributed by atoms with E-state index in [1.165, 1.54) is 0 Å². The van der Waals surface area contributed by atoms with E-state index in [1.807, 2.05) is 0 Å². The number of hydrogen-bond donors (Lipinski definition) is 1. The standard InChI is InChI=1S/C11H15F3N2O3/c12-11(13,14)6-16(7-3-4-7)10(19)15-5-1-2-8(15)9(17)18/h7-8H,1-6H2,(H,17,18)/t8-/m0/s1. The molecule has 0 bridgehead atoms. The molecule has 1 aliphatic heterocycles. The summed E-state index contributed by atoms with van der Waals surface area (Å²) in [5.41, 5.74) is 0. The fraction of sp³-hybridized carbons (Fsp3) is 0.818. The van der Waals surface area contributed by atoms with Gasteiger partial charge in [0, 0.05) is 12.6 Å². The van der Waals surface area contributed by atoms with Crippen LogP contribution >= 0.6 is 0 Å². The maximum Gasteiger partial charge on any atom is 0.406 e. The lowest BCUT2D eigenvalue weighted by molar-refractivity contribution is -0.144. The van der Waals surface area contributed by atoms with Gasteiger partial charge in [-0.2, -0.15) is 13.2 Å². The molecule has 1 heterocycles. The Kier molecular flexibility index (Phi) is 3.60. The van der Waals surface area contributed by atoms with Crippen LogP contribution < -0.4 is 0 Å². The van der Waals surface area contributed by atoms with E-state index in [-0.39, 0.29) is 6.54 Å². The third kappa shape index (κ3) is 3.30. The van der Waals surface area contributed by atoms with E-state index in [0.29, 0.717) is 25.7 Å². The average molecular weight is 280 g/mol. The van der Waals surface area contributed by atoms with Crippen LogP contribution in [0.25, 0.3) is 0 Å². The van der Waals surface area contributed by atoms with Crippen molar-refractivity contribution in [3.05, 3.63) is 0 Å². The number of rotatable bonds is 3. The molecule has 0 aromatic rings. The first kappa shape index (κ1) is 14.0. The highest BCUT2D eigenvalue weighted by Crippen LogP contribution is 2.32. The largest absolute Gasteiger partial charge is 0.480 e. The van der Waals surface area contributed by atoms with Gasteiger partial charge in [-0.3, -0.25) is 0 Å². The molecule has 2 fully saturated rings. The summed E-state index contributed by atoms with van der Waals surface area (Å²) in [6.07, 6.45) is -2.56. The zero-order valence-electron chi connectivity index (χ0n) is 10.2. The monoisotopic (exact) mass is 280 g/mol. The van der Waals surface area contributed by atoms with Gasteiger partial charge in [0.25, 0.3) is 0 Å². The molecule has 1 atom stereocenters. The number of carbonyl (C=O) groups excluding carboxylic acids is 1. The number of amides is 2. The zero-order valence-corrected chi connectivity index (χ0v) is 10.2. The normalized spacial score (nSPS) is 23.5. The van der Waals surface area contributed by atoms with Gasteiger partial charge in [0.05, 0.1) is 0 Å². The zero-order chi connectivity index (χ0) is 14.2. The van der Waals surface area contributed by atoms with E-state index < -0.39 is 36.8 Å². The van der Waals surface area contributed by atoms with Crippen molar-refractivity contribution in [3.63, 3.8) is 0 Å². The molecule has 2 aliphatic rings. The number of carboxylic acid groups (broad SMARTS) is 1. The summed E-state index contributed by atoms with van der Waals surface area (Å²) in [5.74, 6) is -1.16. The molecule has 2 rings (SSSR count). The molecular formula is C11H15F3N2O3. The first-order valence-electron chi connectivity index (χ1n) is 6.16. The molecule has 0 radical (unpaired) electrons. The van der Waals surface area contributed by atoms with Gasteiger partial charge < -0.3 is 14.9 Å². The van der Waals surface area contributed by atoms with E-state index in [4.69, 9.17) is 5.11 Å². The minimum Gasteiger partial charge on any atom is -0.480 e. The summed E-state index contributed by atoms with van der Waals surface area (Å²) in [6, 6.07) is -2.20. The summed E-state index contributed by atoms with van der Waals surface area (Å²) < 4.78 is 37.4. The molecule has 1 saturated heterocycles. The first-order chi connectivity index (χ1) is 8.79. The second kappa shape index (κ2) is 4.90. The molecule has 0 unspecified atom stereocenters. The fourth-order valence-corrected chi connectivity index (χ4v) is 2.35. The summed E-state index contributed by atoms with van der Waals surface area (Å²) in [4.78, 5) is 24.9. The molecule has 0 aromatic heterocycles. The lowest BCUT2D eigenvalue weighted by Gasteiger charge is -2.30. The van der Waals surface area contributed by atoms with E-state index >= 15 is 0 Å². The van der Waals surface area contributed by atoms with Gasteiger partial charge in [0.1, 0.15) is 12.6 Å².